The lowest BCUT2D eigenvalue weighted by molar-refractivity contribution is 0.322. The van der Waals surface area contributed by atoms with E-state index in [4.69, 9.17) is 27.9 Å². The fourth-order valence-electron chi connectivity index (χ4n) is 1.65. The van der Waals surface area contributed by atoms with Crippen LogP contribution in [0.5, 0.6) is 5.75 Å². The number of rotatable bonds is 4. The maximum absolute atomic E-state index is 6.02. The number of benzene rings is 2. The van der Waals surface area contributed by atoms with Gasteiger partial charge in [0.15, 0.2) is 5.75 Å². The Morgan fingerprint density at radius 1 is 0.944 bits per heavy atom. The lowest BCUT2D eigenvalue weighted by Gasteiger charge is -2.09. The van der Waals surface area contributed by atoms with Gasteiger partial charge in [-0.3, -0.25) is 0 Å². The zero-order valence-electron chi connectivity index (χ0n) is 10.1. The Balaban J connectivity index is 1.94. The molecule has 2 rings (SSSR count). The van der Waals surface area contributed by atoms with E-state index in [0.29, 0.717) is 22.4 Å². The lowest BCUT2D eigenvalue weighted by atomic mass is 10.1. The summed E-state index contributed by atoms with van der Waals surface area (Å²) >= 11 is 12.0. The van der Waals surface area contributed by atoms with Gasteiger partial charge in [0.1, 0.15) is 0 Å². The number of ether oxygens (including phenoxy) is 1. The summed E-state index contributed by atoms with van der Waals surface area (Å²) in [5.41, 5.74) is 2.50. The quantitative estimate of drug-likeness (QED) is 0.772. The summed E-state index contributed by atoms with van der Waals surface area (Å²) in [5.74, 6) is 0.563. The molecular formula is C15H14Cl2O. The SMILES string of the molecule is Cc1ccc(CCOc2c(Cl)cccc2Cl)cc1. The van der Waals surface area contributed by atoms with Crippen LogP contribution in [-0.4, -0.2) is 6.61 Å². The molecule has 0 aliphatic carbocycles. The first-order valence-electron chi connectivity index (χ1n) is 5.79. The second-order valence-corrected chi connectivity index (χ2v) is 4.95. The minimum Gasteiger partial charge on any atom is -0.490 e. The Kier molecular flexibility index (Phi) is 4.51. The molecule has 0 aliphatic heterocycles. The fourth-order valence-corrected chi connectivity index (χ4v) is 2.15. The summed E-state index contributed by atoms with van der Waals surface area (Å²) in [6, 6.07) is 13.7. The van der Waals surface area contributed by atoms with E-state index in [1.165, 1.54) is 11.1 Å². The van der Waals surface area contributed by atoms with E-state index in [2.05, 4.69) is 31.2 Å². The van der Waals surface area contributed by atoms with E-state index in [9.17, 15) is 0 Å². The van der Waals surface area contributed by atoms with Gasteiger partial charge in [0.05, 0.1) is 16.7 Å². The first-order chi connectivity index (χ1) is 8.66. The molecule has 0 amide bonds. The Morgan fingerprint density at radius 3 is 2.17 bits per heavy atom. The number of hydrogen-bond donors (Lipinski definition) is 0. The van der Waals surface area contributed by atoms with E-state index in [1.807, 2.05) is 0 Å². The molecule has 1 nitrogen and oxygen atoms in total. The summed E-state index contributed by atoms with van der Waals surface area (Å²) in [4.78, 5) is 0. The van der Waals surface area contributed by atoms with Crippen molar-refractivity contribution < 1.29 is 4.74 Å². The molecule has 0 aromatic heterocycles. The average molecular weight is 281 g/mol. The Labute approximate surface area is 117 Å². The highest BCUT2D eigenvalue weighted by Gasteiger charge is 2.06. The van der Waals surface area contributed by atoms with Gasteiger partial charge in [-0.1, -0.05) is 59.1 Å². The molecule has 94 valence electrons. The van der Waals surface area contributed by atoms with Gasteiger partial charge in [0, 0.05) is 6.42 Å². The average Bonchev–Trinajstić information content (AvgIpc) is 2.35. The van der Waals surface area contributed by atoms with Crippen molar-refractivity contribution in [1.29, 1.82) is 0 Å². The van der Waals surface area contributed by atoms with Crippen LogP contribution in [0, 0.1) is 6.92 Å². The minimum absolute atomic E-state index is 0.548. The van der Waals surface area contributed by atoms with E-state index >= 15 is 0 Å². The van der Waals surface area contributed by atoms with Gasteiger partial charge in [-0.15, -0.1) is 0 Å². The molecule has 3 heteroatoms. The number of halogens is 2. The number of aryl methyl sites for hydroxylation is 1. The van der Waals surface area contributed by atoms with Gasteiger partial charge < -0.3 is 4.74 Å². The summed E-state index contributed by atoms with van der Waals surface area (Å²) < 4.78 is 5.64. The molecule has 0 heterocycles. The van der Waals surface area contributed by atoms with Crippen molar-refractivity contribution in [1.82, 2.24) is 0 Å². The standard InChI is InChI=1S/C15H14Cl2O/c1-11-5-7-12(8-6-11)9-10-18-15-13(16)3-2-4-14(15)17/h2-8H,9-10H2,1H3. The van der Waals surface area contributed by atoms with Crippen LogP contribution in [0.1, 0.15) is 11.1 Å². The molecule has 2 aromatic rings. The van der Waals surface area contributed by atoms with Gasteiger partial charge in [-0.25, -0.2) is 0 Å². The molecule has 0 radical (unpaired) electrons. The molecule has 0 fully saturated rings. The lowest BCUT2D eigenvalue weighted by Crippen LogP contribution is -2.02. The molecule has 2 aromatic carbocycles. The maximum atomic E-state index is 6.02. The van der Waals surface area contributed by atoms with Crippen molar-refractivity contribution in [2.75, 3.05) is 6.61 Å². The third kappa shape index (κ3) is 3.41. The van der Waals surface area contributed by atoms with Gasteiger partial charge in [0.2, 0.25) is 0 Å². The first kappa shape index (κ1) is 13.3. The van der Waals surface area contributed by atoms with E-state index < -0.39 is 0 Å². The summed E-state index contributed by atoms with van der Waals surface area (Å²) in [6.45, 7) is 2.64. The molecule has 18 heavy (non-hydrogen) atoms. The smallest absolute Gasteiger partial charge is 0.156 e. The molecule has 0 saturated carbocycles. The third-order valence-corrected chi connectivity index (χ3v) is 3.27. The molecule has 0 spiro atoms. The zero-order chi connectivity index (χ0) is 13.0. The van der Waals surface area contributed by atoms with Gasteiger partial charge in [-0.05, 0) is 24.6 Å². The van der Waals surface area contributed by atoms with Crippen LogP contribution in [0.15, 0.2) is 42.5 Å². The Hall–Kier alpha value is -1.18. The van der Waals surface area contributed by atoms with Crippen LogP contribution in [0.4, 0.5) is 0 Å². The summed E-state index contributed by atoms with van der Waals surface area (Å²) in [6.07, 6.45) is 0.835. The van der Waals surface area contributed by atoms with Crippen molar-refractivity contribution >= 4 is 23.2 Å². The van der Waals surface area contributed by atoms with Crippen LogP contribution >= 0.6 is 23.2 Å². The molecule has 0 aliphatic rings. The highest BCUT2D eigenvalue weighted by atomic mass is 35.5. The molecule has 0 atom stereocenters. The summed E-state index contributed by atoms with van der Waals surface area (Å²) in [5, 5.41) is 1.10. The number of hydrogen-bond acceptors (Lipinski definition) is 1. The van der Waals surface area contributed by atoms with Crippen molar-refractivity contribution in [3.8, 4) is 5.75 Å². The van der Waals surface area contributed by atoms with E-state index in [0.717, 1.165) is 6.42 Å². The van der Waals surface area contributed by atoms with Gasteiger partial charge in [0.25, 0.3) is 0 Å². The monoisotopic (exact) mass is 280 g/mol. The normalized spacial score (nSPS) is 10.4. The van der Waals surface area contributed by atoms with Crippen molar-refractivity contribution in [2.45, 2.75) is 13.3 Å². The van der Waals surface area contributed by atoms with Gasteiger partial charge >= 0.3 is 0 Å². The van der Waals surface area contributed by atoms with Crippen LogP contribution in [0.3, 0.4) is 0 Å². The fraction of sp³-hybridized carbons (Fsp3) is 0.200. The van der Waals surface area contributed by atoms with Crippen LogP contribution in [0.25, 0.3) is 0 Å². The third-order valence-electron chi connectivity index (χ3n) is 2.68. The molecule has 0 bridgehead atoms. The van der Waals surface area contributed by atoms with E-state index in [1.54, 1.807) is 18.2 Å². The molecular weight excluding hydrogens is 267 g/mol. The second-order valence-electron chi connectivity index (χ2n) is 4.13. The molecule has 0 saturated heterocycles. The highest BCUT2D eigenvalue weighted by molar-refractivity contribution is 6.37. The van der Waals surface area contributed by atoms with Gasteiger partial charge in [-0.2, -0.15) is 0 Å². The largest absolute Gasteiger partial charge is 0.490 e. The van der Waals surface area contributed by atoms with Crippen molar-refractivity contribution in [2.24, 2.45) is 0 Å². The van der Waals surface area contributed by atoms with Crippen molar-refractivity contribution in [3.63, 3.8) is 0 Å². The second kappa shape index (κ2) is 6.12. The highest BCUT2D eigenvalue weighted by Crippen LogP contribution is 2.32. The van der Waals surface area contributed by atoms with Crippen LogP contribution < -0.4 is 4.74 Å². The van der Waals surface area contributed by atoms with Crippen LogP contribution in [-0.2, 0) is 6.42 Å². The summed E-state index contributed by atoms with van der Waals surface area (Å²) in [7, 11) is 0. The predicted octanol–water partition coefficient (Wildman–Crippen LogP) is 4.92. The van der Waals surface area contributed by atoms with E-state index in [-0.39, 0.29) is 0 Å². The minimum atomic E-state index is 0.548. The molecule has 0 unspecified atom stereocenters. The van der Waals surface area contributed by atoms with Crippen LogP contribution in [0.2, 0.25) is 10.0 Å². The zero-order valence-corrected chi connectivity index (χ0v) is 11.6. The Bertz CT molecular complexity index is 500. The van der Waals surface area contributed by atoms with Crippen molar-refractivity contribution in [3.05, 3.63) is 63.6 Å². The maximum Gasteiger partial charge on any atom is 0.156 e. The first-order valence-corrected chi connectivity index (χ1v) is 6.55. The number of para-hydroxylation sites is 1. The predicted molar refractivity (Wildman–Crippen MR) is 76.8 cm³/mol. The Morgan fingerprint density at radius 2 is 1.56 bits per heavy atom. The molecule has 0 N–H and O–H groups in total. The topological polar surface area (TPSA) is 9.23 Å².